The van der Waals surface area contributed by atoms with Crippen molar-refractivity contribution in [3.05, 3.63) is 75.7 Å². The van der Waals surface area contributed by atoms with Gasteiger partial charge in [0.15, 0.2) is 16.7 Å². The summed E-state index contributed by atoms with van der Waals surface area (Å²) in [6.45, 7) is 2.35. The first-order valence-corrected chi connectivity index (χ1v) is 13.8. The van der Waals surface area contributed by atoms with Crippen LogP contribution in [-0.2, 0) is 24.3 Å². The van der Waals surface area contributed by atoms with Crippen molar-refractivity contribution in [2.24, 2.45) is 0 Å². The minimum Gasteiger partial charge on any atom is -0.454 e. The third kappa shape index (κ3) is 5.10. The van der Waals surface area contributed by atoms with Crippen LogP contribution >= 0.6 is 11.8 Å². The lowest BCUT2D eigenvalue weighted by Gasteiger charge is -2.30. The van der Waals surface area contributed by atoms with E-state index >= 15 is 0 Å². The SMILES string of the molecule is O=C(CCNCc1ccc2c(c1)OCO2)N1CCc2nc(SC3CCC3)n(-c3ccccc3)c(=O)c2C1. The van der Waals surface area contributed by atoms with E-state index < -0.39 is 0 Å². The number of hydrogen-bond acceptors (Lipinski definition) is 7. The second-order valence-electron chi connectivity index (χ2n) is 9.65. The number of fused-ring (bicyclic) bond motifs is 2. The van der Waals surface area contributed by atoms with E-state index in [0.717, 1.165) is 46.4 Å². The van der Waals surface area contributed by atoms with Gasteiger partial charge in [-0.3, -0.25) is 14.2 Å². The maximum Gasteiger partial charge on any atom is 0.264 e. The summed E-state index contributed by atoms with van der Waals surface area (Å²) in [5.41, 5.74) is 3.31. The zero-order valence-electron chi connectivity index (χ0n) is 20.7. The number of nitrogens with zero attached hydrogens (tertiary/aromatic N) is 3. The second-order valence-corrected chi connectivity index (χ2v) is 10.9. The number of carbonyl (C=O) groups excluding carboxylic acids is 1. The van der Waals surface area contributed by atoms with E-state index in [1.807, 2.05) is 48.5 Å². The Morgan fingerprint density at radius 1 is 1.11 bits per heavy atom. The average molecular weight is 519 g/mol. The van der Waals surface area contributed by atoms with Crippen LogP contribution in [0.5, 0.6) is 11.5 Å². The third-order valence-corrected chi connectivity index (χ3v) is 8.46. The molecule has 8 nitrogen and oxygen atoms in total. The number of nitrogens with one attached hydrogen (secondary N) is 1. The van der Waals surface area contributed by atoms with Crippen LogP contribution in [0.2, 0.25) is 0 Å². The number of rotatable bonds is 8. The zero-order valence-corrected chi connectivity index (χ0v) is 21.5. The number of thioether (sulfide) groups is 1. The standard InChI is InChI=1S/C28H30N4O4S/c33-26(11-13-29-16-19-9-10-24-25(15-19)36-18-35-24)31-14-12-23-22(17-31)27(34)32(20-5-2-1-3-6-20)28(30-23)37-21-7-4-8-21/h1-3,5-6,9-10,15,21,29H,4,7-8,11-14,16-18H2. The summed E-state index contributed by atoms with van der Waals surface area (Å²) in [5, 5.41) is 4.63. The Hall–Kier alpha value is -3.30. The Kier molecular flexibility index (Phi) is 6.89. The number of carbonyl (C=O) groups is 1. The lowest BCUT2D eigenvalue weighted by Crippen LogP contribution is -2.42. The Bertz CT molecular complexity index is 1360. The molecule has 9 heteroatoms. The van der Waals surface area contributed by atoms with Crippen LogP contribution in [0.1, 0.15) is 42.5 Å². The summed E-state index contributed by atoms with van der Waals surface area (Å²) in [6.07, 6.45) is 4.54. The minimum atomic E-state index is -0.0588. The quantitative estimate of drug-likeness (QED) is 0.360. The highest BCUT2D eigenvalue weighted by atomic mass is 32.2. The minimum absolute atomic E-state index is 0.0439. The van der Waals surface area contributed by atoms with Crippen molar-refractivity contribution in [1.29, 1.82) is 0 Å². The number of hydrogen-bond donors (Lipinski definition) is 1. The van der Waals surface area contributed by atoms with Crippen LogP contribution in [0.25, 0.3) is 5.69 Å². The molecule has 37 heavy (non-hydrogen) atoms. The molecule has 1 aromatic heterocycles. The first kappa shape index (κ1) is 24.1. The van der Waals surface area contributed by atoms with Crippen molar-refractivity contribution >= 4 is 17.7 Å². The smallest absolute Gasteiger partial charge is 0.264 e. The lowest BCUT2D eigenvalue weighted by atomic mass is 10.0. The molecule has 0 bridgehead atoms. The Balaban J connectivity index is 1.12. The van der Waals surface area contributed by atoms with Gasteiger partial charge in [-0.15, -0.1) is 0 Å². The van der Waals surface area contributed by atoms with Gasteiger partial charge in [-0.25, -0.2) is 4.98 Å². The number of amides is 1. The van der Waals surface area contributed by atoms with Gasteiger partial charge in [-0.2, -0.15) is 0 Å². The van der Waals surface area contributed by atoms with Crippen molar-refractivity contribution < 1.29 is 14.3 Å². The molecule has 0 spiro atoms. The van der Waals surface area contributed by atoms with E-state index in [1.54, 1.807) is 21.2 Å². The molecule has 2 aromatic carbocycles. The molecule has 1 saturated carbocycles. The highest BCUT2D eigenvalue weighted by Gasteiger charge is 2.28. The molecule has 0 saturated heterocycles. The molecule has 3 heterocycles. The van der Waals surface area contributed by atoms with E-state index in [2.05, 4.69) is 5.32 Å². The van der Waals surface area contributed by atoms with Gasteiger partial charge in [-0.05, 0) is 42.7 Å². The van der Waals surface area contributed by atoms with Crippen LogP contribution in [0.4, 0.5) is 0 Å². The molecule has 3 aromatic rings. The van der Waals surface area contributed by atoms with Gasteiger partial charge in [0, 0.05) is 37.7 Å². The fourth-order valence-corrected chi connectivity index (χ4v) is 6.15. The first-order valence-electron chi connectivity index (χ1n) is 12.9. The summed E-state index contributed by atoms with van der Waals surface area (Å²) >= 11 is 1.71. The predicted molar refractivity (Wildman–Crippen MR) is 141 cm³/mol. The Morgan fingerprint density at radius 2 is 1.95 bits per heavy atom. The van der Waals surface area contributed by atoms with Crippen molar-refractivity contribution in [1.82, 2.24) is 19.8 Å². The normalized spacial score (nSPS) is 16.4. The summed E-state index contributed by atoms with van der Waals surface area (Å²) in [5.74, 6) is 1.56. The van der Waals surface area contributed by atoms with E-state index in [-0.39, 0.29) is 18.3 Å². The predicted octanol–water partition coefficient (Wildman–Crippen LogP) is 3.67. The highest BCUT2D eigenvalue weighted by Crippen LogP contribution is 2.36. The highest BCUT2D eigenvalue weighted by molar-refractivity contribution is 7.99. The molecule has 1 fully saturated rings. The number of para-hydroxylation sites is 1. The number of aromatic nitrogens is 2. The fraction of sp³-hybridized carbons (Fsp3) is 0.393. The molecule has 0 unspecified atom stereocenters. The van der Waals surface area contributed by atoms with Crippen LogP contribution in [0, 0.1) is 0 Å². The van der Waals surface area contributed by atoms with E-state index in [1.165, 1.54) is 6.42 Å². The van der Waals surface area contributed by atoms with Crippen molar-refractivity contribution in [3.63, 3.8) is 0 Å². The zero-order chi connectivity index (χ0) is 25.2. The second kappa shape index (κ2) is 10.6. The number of ether oxygens (including phenoxy) is 2. The van der Waals surface area contributed by atoms with Crippen molar-refractivity contribution in [2.75, 3.05) is 19.9 Å². The van der Waals surface area contributed by atoms with Crippen LogP contribution < -0.4 is 20.3 Å². The molecule has 6 rings (SSSR count). The molecule has 0 radical (unpaired) electrons. The van der Waals surface area contributed by atoms with Gasteiger partial charge >= 0.3 is 0 Å². The van der Waals surface area contributed by atoms with Crippen LogP contribution in [0.3, 0.4) is 0 Å². The van der Waals surface area contributed by atoms with Gasteiger partial charge in [-0.1, -0.05) is 42.4 Å². The molecule has 2 aliphatic heterocycles. The largest absolute Gasteiger partial charge is 0.454 e. The third-order valence-electron chi connectivity index (χ3n) is 7.17. The molecule has 192 valence electrons. The topological polar surface area (TPSA) is 85.7 Å². The van der Waals surface area contributed by atoms with Gasteiger partial charge in [0.05, 0.1) is 23.5 Å². The molecular formula is C28H30N4O4S. The lowest BCUT2D eigenvalue weighted by molar-refractivity contribution is -0.132. The van der Waals surface area contributed by atoms with Gasteiger partial charge in [0.1, 0.15) is 0 Å². The Labute approximate surface area is 220 Å². The van der Waals surface area contributed by atoms with E-state index in [4.69, 9.17) is 14.5 Å². The maximum absolute atomic E-state index is 13.7. The summed E-state index contributed by atoms with van der Waals surface area (Å²) in [4.78, 5) is 33.5. The molecule has 1 aliphatic carbocycles. The van der Waals surface area contributed by atoms with Crippen molar-refractivity contribution in [3.8, 4) is 17.2 Å². The summed E-state index contributed by atoms with van der Waals surface area (Å²) in [7, 11) is 0. The van der Waals surface area contributed by atoms with E-state index in [9.17, 15) is 9.59 Å². The average Bonchev–Trinajstić information content (AvgIpc) is 3.37. The van der Waals surface area contributed by atoms with Gasteiger partial charge in [0.2, 0.25) is 12.7 Å². The van der Waals surface area contributed by atoms with Gasteiger partial charge < -0.3 is 19.7 Å². The maximum atomic E-state index is 13.7. The number of benzene rings is 2. The molecule has 1 N–H and O–H groups in total. The molecule has 3 aliphatic rings. The Morgan fingerprint density at radius 3 is 2.76 bits per heavy atom. The summed E-state index contributed by atoms with van der Waals surface area (Å²) < 4.78 is 12.5. The monoisotopic (exact) mass is 518 g/mol. The van der Waals surface area contributed by atoms with E-state index in [0.29, 0.717) is 49.8 Å². The molecule has 1 amide bonds. The van der Waals surface area contributed by atoms with Crippen LogP contribution in [0.15, 0.2) is 58.5 Å². The van der Waals surface area contributed by atoms with Crippen LogP contribution in [-0.4, -0.2) is 45.5 Å². The summed E-state index contributed by atoms with van der Waals surface area (Å²) in [6, 6.07) is 15.6. The van der Waals surface area contributed by atoms with Crippen molar-refractivity contribution in [2.45, 2.75) is 55.6 Å². The first-order chi connectivity index (χ1) is 18.2. The molecular weight excluding hydrogens is 488 g/mol. The van der Waals surface area contributed by atoms with Gasteiger partial charge in [0.25, 0.3) is 5.56 Å². The molecule has 0 atom stereocenters. The fourth-order valence-electron chi connectivity index (χ4n) is 4.83.